The number of hydrogen-bond donors (Lipinski definition) is 3. The van der Waals surface area contributed by atoms with Crippen molar-refractivity contribution in [3.05, 3.63) is 35.3 Å². The molecule has 2 aromatic rings. The fraction of sp³-hybridized carbons (Fsp3) is 0.389. The second kappa shape index (κ2) is 7.74. The summed E-state index contributed by atoms with van der Waals surface area (Å²) in [5, 5.41) is 22.9. The molecule has 0 saturated carbocycles. The molecule has 2 aliphatic rings. The Kier molecular flexibility index (Phi) is 5.16. The number of rotatable bonds is 4. The molecule has 3 N–H and O–H groups in total. The van der Waals surface area contributed by atoms with E-state index in [-0.39, 0.29) is 35.9 Å². The Morgan fingerprint density at radius 2 is 2.32 bits per heavy atom. The summed E-state index contributed by atoms with van der Waals surface area (Å²) >= 11 is 0. The van der Waals surface area contributed by atoms with Crippen LogP contribution in [-0.2, 0) is 11.3 Å². The van der Waals surface area contributed by atoms with Gasteiger partial charge in [0.25, 0.3) is 5.91 Å². The highest BCUT2D eigenvalue weighted by atomic mass is 16.5. The molecule has 1 fully saturated rings. The molecule has 1 amide bonds. The summed E-state index contributed by atoms with van der Waals surface area (Å²) < 4.78 is 11.1. The number of carbonyl (C=O) groups excluding carboxylic acids is 1. The lowest BCUT2D eigenvalue weighted by atomic mass is 9.83. The Balaban J connectivity index is 1.52. The molecular formula is C18H21BN4O5. The smallest absolute Gasteiger partial charge is 0.309 e. The van der Waals surface area contributed by atoms with E-state index in [1.807, 2.05) is 6.92 Å². The lowest BCUT2D eigenvalue weighted by Gasteiger charge is -2.34. The molecule has 1 aromatic carbocycles. The Hall–Kier alpha value is -2.69. The van der Waals surface area contributed by atoms with Gasteiger partial charge in [-0.3, -0.25) is 4.79 Å². The van der Waals surface area contributed by atoms with Gasteiger partial charge in [-0.25, -0.2) is 9.97 Å². The molecule has 10 heteroatoms. The molecule has 4 rings (SSSR count). The number of piperazine rings is 1. The third-order valence-electron chi connectivity index (χ3n) is 5.10. The van der Waals surface area contributed by atoms with Gasteiger partial charge in [-0.1, -0.05) is 0 Å². The van der Waals surface area contributed by atoms with Crippen molar-refractivity contribution < 1.29 is 24.4 Å². The number of fused-ring (bicyclic) bond motifs is 1. The zero-order valence-electron chi connectivity index (χ0n) is 15.5. The first-order valence-corrected chi connectivity index (χ1v) is 9.13. The maximum absolute atomic E-state index is 12.7. The highest BCUT2D eigenvalue weighted by molar-refractivity contribution is 6.49. The molecule has 146 valence electrons. The zero-order valence-corrected chi connectivity index (χ0v) is 15.5. The van der Waals surface area contributed by atoms with E-state index in [4.69, 9.17) is 9.39 Å². The van der Waals surface area contributed by atoms with Crippen molar-refractivity contribution >= 4 is 18.9 Å². The van der Waals surface area contributed by atoms with Crippen LogP contribution in [0.15, 0.2) is 18.5 Å². The van der Waals surface area contributed by atoms with Crippen molar-refractivity contribution in [2.75, 3.05) is 26.2 Å². The van der Waals surface area contributed by atoms with Crippen LogP contribution in [0.5, 0.6) is 17.4 Å². The number of amides is 1. The van der Waals surface area contributed by atoms with Gasteiger partial charge >= 0.3 is 7.48 Å². The lowest BCUT2D eigenvalue weighted by Crippen LogP contribution is -2.55. The fourth-order valence-electron chi connectivity index (χ4n) is 3.53. The van der Waals surface area contributed by atoms with Gasteiger partial charge in [-0.05, 0) is 29.6 Å². The first-order chi connectivity index (χ1) is 13.6. The highest BCUT2D eigenvalue weighted by Gasteiger charge is 2.28. The molecule has 3 heterocycles. The van der Waals surface area contributed by atoms with Crippen molar-refractivity contribution in [3.63, 3.8) is 0 Å². The van der Waals surface area contributed by atoms with Crippen molar-refractivity contribution in [2.45, 2.75) is 19.6 Å². The van der Waals surface area contributed by atoms with Crippen LogP contribution >= 0.6 is 0 Å². The summed E-state index contributed by atoms with van der Waals surface area (Å²) in [5.74, 6) is 0.205. The van der Waals surface area contributed by atoms with E-state index in [0.29, 0.717) is 39.5 Å². The molecule has 0 bridgehead atoms. The number of aliphatic hydroxyl groups excluding tert-OH is 1. The van der Waals surface area contributed by atoms with Gasteiger partial charge in [0.05, 0.1) is 31.6 Å². The number of hydrogen-bond acceptors (Lipinski definition) is 8. The van der Waals surface area contributed by atoms with Crippen LogP contribution in [0, 0.1) is 6.92 Å². The van der Waals surface area contributed by atoms with E-state index in [1.165, 1.54) is 12.4 Å². The normalized spacial score (nSPS) is 18.5. The quantitative estimate of drug-likeness (QED) is 0.587. The van der Waals surface area contributed by atoms with Gasteiger partial charge < -0.3 is 29.8 Å². The van der Waals surface area contributed by atoms with Gasteiger partial charge in [0, 0.05) is 19.6 Å². The molecule has 1 aromatic heterocycles. The average molecular weight is 384 g/mol. The number of benzene rings is 1. The Labute approximate surface area is 162 Å². The number of phenols is 1. The van der Waals surface area contributed by atoms with E-state index in [0.717, 1.165) is 16.6 Å². The SMILES string of the molecule is Cc1c2c(cc(O)c1Oc1cnc(C(=O)N3CCNC[C@H]3CO)cn1)COB2. The largest absolute Gasteiger partial charge is 0.504 e. The number of nitrogens with zero attached hydrogens (tertiary/aromatic N) is 3. The second-order valence-corrected chi connectivity index (χ2v) is 6.86. The van der Waals surface area contributed by atoms with Crippen molar-refractivity contribution in [1.82, 2.24) is 20.2 Å². The molecule has 9 nitrogen and oxygen atoms in total. The maximum atomic E-state index is 12.7. The number of phenolic OH excluding ortho intramolecular Hbond substituents is 1. The van der Waals surface area contributed by atoms with Crippen LogP contribution < -0.4 is 15.5 Å². The maximum Gasteiger partial charge on any atom is 0.309 e. The van der Waals surface area contributed by atoms with Crippen LogP contribution in [0.2, 0.25) is 0 Å². The summed E-state index contributed by atoms with van der Waals surface area (Å²) in [6, 6.07) is 1.35. The summed E-state index contributed by atoms with van der Waals surface area (Å²) in [4.78, 5) is 22.6. The molecule has 2 aliphatic heterocycles. The van der Waals surface area contributed by atoms with Gasteiger partial charge in [0.2, 0.25) is 5.88 Å². The number of aromatic hydroxyl groups is 1. The fourth-order valence-corrected chi connectivity index (χ4v) is 3.53. The molecule has 1 atom stereocenters. The highest BCUT2D eigenvalue weighted by Crippen LogP contribution is 2.34. The summed E-state index contributed by atoms with van der Waals surface area (Å²) in [7, 11) is 0.480. The minimum Gasteiger partial charge on any atom is -0.504 e. The summed E-state index contributed by atoms with van der Waals surface area (Å²) in [5.41, 5.74) is 2.92. The van der Waals surface area contributed by atoms with E-state index >= 15 is 0 Å². The third kappa shape index (κ3) is 3.41. The topological polar surface area (TPSA) is 117 Å². The van der Waals surface area contributed by atoms with Gasteiger partial charge in [-0.15, -0.1) is 0 Å². The number of aliphatic hydroxyl groups is 1. The van der Waals surface area contributed by atoms with Crippen LogP contribution in [0.25, 0.3) is 0 Å². The first-order valence-electron chi connectivity index (χ1n) is 9.13. The predicted octanol–water partition coefficient (Wildman–Crippen LogP) is -0.804. The lowest BCUT2D eigenvalue weighted by molar-refractivity contribution is 0.0530. The third-order valence-corrected chi connectivity index (χ3v) is 5.10. The monoisotopic (exact) mass is 384 g/mol. The summed E-state index contributed by atoms with van der Waals surface area (Å²) in [6.07, 6.45) is 2.70. The molecule has 0 spiro atoms. The van der Waals surface area contributed by atoms with Crippen molar-refractivity contribution in [1.29, 1.82) is 0 Å². The minimum atomic E-state index is -0.285. The molecule has 1 saturated heterocycles. The molecule has 0 aliphatic carbocycles. The molecule has 0 radical (unpaired) electrons. The van der Waals surface area contributed by atoms with E-state index < -0.39 is 0 Å². The Morgan fingerprint density at radius 1 is 1.46 bits per heavy atom. The van der Waals surface area contributed by atoms with Crippen LogP contribution in [-0.4, -0.2) is 70.8 Å². The van der Waals surface area contributed by atoms with Crippen LogP contribution in [0.1, 0.15) is 21.6 Å². The average Bonchev–Trinajstić information content (AvgIpc) is 3.19. The van der Waals surface area contributed by atoms with Crippen molar-refractivity contribution in [2.24, 2.45) is 0 Å². The van der Waals surface area contributed by atoms with Gasteiger partial charge in [-0.2, -0.15) is 0 Å². The Bertz CT molecular complexity index is 893. The van der Waals surface area contributed by atoms with E-state index in [2.05, 4.69) is 15.3 Å². The van der Waals surface area contributed by atoms with E-state index in [1.54, 1.807) is 11.0 Å². The van der Waals surface area contributed by atoms with Crippen LogP contribution in [0.3, 0.4) is 0 Å². The van der Waals surface area contributed by atoms with Gasteiger partial charge in [0.1, 0.15) is 5.69 Å². The van der Waals surface area contributed by atoms with Crippen LogP contribution in [0.4, 0.5) is 0 Å². The Morgan fingerprint density at radius 3 is 3.07 bits per heavy atom. The molecule has 0 unspecified atom stereocenters. The molecular weight excluding hydrogens is 363 g/mol. The van der Waals surface area contributed by atoms with Crippen molar-refractivity contribution in [3.8, 4) is 17.4 Å². The zero-order chi connectivity index (χ0) is 19.7. The second-order valence-electron chi connectivity index (χ2n) is 6.86. The molecule has 28 heavy (non-hydrogen) atoms. The van der Waals surface area contributed by atoms with Gasteiger partial charge in [0.15, 0.2) is 11.5 Å². The first kappa shape index (κ1) is 18.7. The number of ether oxygens (including phenoxy) is 1. The number of carbonyl (C=O) groups is 1. The minimum absolute atomic E-state index is 0.00954. The number of nitrogens with one attached hydrogen (secondary N) is 1. The number of aromatic nitrogens is 2. The standard InChI is InChI=1S/C18H21BN4O5/c1-10-16-11(9-27-19-16)4-14(25)17(10)28-15-7-21-13(6-22-15)18(26)23-3-2-20-5-12(23)8-24/h4,6-7,12,19-20,24-25H,2-3,5,8-9H2,1H3/t12-/m0/s1. The summed E-state index contributed by atoms with van der Waals surface area (Å²) in [6.45, 7) is 3.91. The predicted molar refractivity (Wildman–Crippen MR) is 101 cm³/mol. The van der Waals surface area contributed by atoms with E-state index in [9.17, 15) is 15.0 Å².